The number of amides is 2. The van der Waals surface area contributed by atoms with Crippen molar-refractivity contribution in [3.8, 4) is 5.75 Å². The summed E-state index contributed by atoms with van der Waals surface area (Å²) in [6.07, 6.45) is 0.429. The van der Waals surface area contributed by atoms with Crippen molar-refractivity contribution in [1.29, 1.82) is 0 Å². The molecule has 22 heavy (non-hydrogen) atoms. The standard InChI is InChI=1S/C16H16ClFN2O2/c17-13-5-7-14(8-6-13)22-11-20-16(21)19-10-9-12-3-1-2-4-15(12)18/h1-8H,9-11H2,(H2,19,20,21). The van der Waals surface area contributed by atoms with E-state index >= 15 is 0 Å². The minimum Gasteiger partial charge on any atom is -0.473 e. The van der Waals surface area contributed by atoms with E-state index in [1.54, 1.807) is 42.5 Å². The highest BCUT2D eigenvalue weighted by Gasteiger charge is 2.03. The fourth-order valence-electron chi connectivity index (χ4n) is 1.79. The van der Waals surface area contributed by atoms with Gasteiger partial charge in [-0.3, -0.25) is 0 Å². The first-order valence-electron chi connectivity index (χ1n) is 6.78. The van der Waals surface area contributed by atoms with Crippen LogP contribution in [0.4, 0.5) is 9.18 Å². The number of hydrogen-bond acceptors (Lipinski definition) is 2. The number of ether oxygens (including phenoxy) is 1. The molecule has 0 fully saturated rings. The lowest BCUT2D eigenvalue weighted by Gasteiger charge is -2.09. The number of urea groups is 1. The van der Waals surface area contributed by atoms with E-state index in [4.69, 9.17) is 16.3 Å². The zero-order valence-corrected chi connectivity index (χ0v) is 12.6. The number of hydrogen-bond donors (Lipinski definition) is 2. The van der Waals surface area contributed by atoms with Gasteiger partial charge >= 0.3 is 6.03 Å². The molecule has 0 aliphatic carbocycles. The number of carbonyl (C=O) groups excluding carboxylic acids is 1. The Hall–Kier alpha value is -2.27. The molecule has 0 aliphatic heterocycles. The maximum absolute atomic E-state index is 13.4. The smallest absolute Gasteiger partial charge is 0.317 e. The molecule has 116 valence electrons. The van der Waals surface area contributed by atoms with Crippen LogP contribution in [0.15, 0.2) is 48.5 Å². The first kappa shape index (κ1) is 16.1. The van der Waals surface area contributed by atoms with Gasteiger partial charge in [0.25, 0.3) is 0 Å². The van der Waals surface area contributed by atoms with Gasteiger partial charge in [-0.25, -0.2) is 9.18 Å². The molecular formula is C16H16ClFN2O2. The summed E-state index contributed by atoms with van der Waals surface area (Å²) < 4.78 is 18.7. The van der Waals surface area contributed by atoms with E-state index in [1.807, 2.05) is 0 Å². The van der Waals surface area contributed by atoms with Gasteiger partial charge in [-0.15, -0.1) is 0 Å². The summed E-state index contributed by atoms with van der Waals surface area (Å²) in [6.45, 7) is 0.376. The predicted molar refractivity (Wildman–Crippen MR) is 83.6 cm³/mol. The second-order valence-electron chi connectivity index (χ2n) is 4.52. The van der Waals surface area contributed by atoms with E-state index in [2.05, 4.69) is 10.6 Å². The highest BCUT2D eigenvalue weighted by atomic mass is 35.5. The Morgan fingerprint density at radius 2 is 1.82 bits per heavy atom. The van der Waals surface area contributed by atoms with Crippen molar-refractivity contribution in [1.82, 2.24) is 10.6 Å². The normalized spacial score (nSPS) is 10.1. The first-order valence-corrected chi connectivity index (χ1v) is 7.16. The Labute approximate surface area is 133 Å². The zero-order chi connectivity index (χ0) is 15.8. The summed E-state index contributed by atoms with van der Waals surface area (Å²) in [5.41, 5.74) is 0.570. The fourth-order valence-corrected chi connectivity index (χ4v) is 1.92. The van der Waals surface area contributed by atoms with E-state index in [-0.39, 0.29) is 18.6 Å². The largest absolute Gasteiger partial charge is 0.473 e. The Bertz CT molecular complexity index is 620. The van der Waals surface area contributed by atoms with E-state index < -0.39 is 0 Å². The van der Waals surface area contributed by atoms with Gasteiger partial charge in [-0.2, -0.15) is 0 Å². The first-order chi connectivity index (χ1) is 10.6. The summed E-state index contributed by atoms with van der Waals surface area (Å²) in [5, 5.41) is 5.80. The molecule has 0 spiro atoms. The van der Waals surface area contributed by atoms with Crippen molar-refractivity contribution >= 4 is 17.6 Å². The van der Waals surface area contributed by atoms with Crippen LogP contribution >= 0.6 is 11.6 Å². The number of benzene rings is 2. The van der Waals surface area contributed by atoms with Crippen molar-refractivity contribution in [2.75, 3.05) is 13.3 Å². The molecule has 2 aromatic rings. The summed E-state index contributed by atoms with van der Waals surface area (Å²) in [6, 6.07) is 12.9. The van der Waals surface area contributed by atoms with Gasteiger partial charge in [0, 0.05) is 11.6 Å². The van der Waals surface area contributed by atoms with E-state index in [0.29, 0.717) is 29.3 Å². The average molecular weight is 323 g/mol. The lowest BCUT2D eigenvalue weighted by Crippen LogP contribution is -2.38. The van der Waals surface area contributed by atoms with E-state index in [0.717, 1.165) is 0 Å². The molecule has 0 bridgehead atoms. The number of rotatable bonds is 6. The van der Waals surface area contributed by atoms with E-state index in [1.165, 1.54) is 6.07 Å². The van der Waals surface area contributed by atoms with Crippen molar-refractivity contribution in [3.05, 3.63) is 64.9 Å². The Kier molecular flexibility index (Phi) is 6.03. The van der Waals surface area contributed by atoms with Gasteiger partial charge < -0.3 is 15.4 Å². The zero-order valence-electron chi connectivity index (χ0n) is 11.8. The third-order valence-corrected chi connectivity index (χ3v) is 3.17. The minimum atomic E-state index is -0.370. The van der Waals surface area contributed by atoms with Crippen molar-refractivity contribution < 1.29 is 13.9 Å². The van der Waals surface area contributed by atoms with Crippen LogP contribution in [0, 0.1) is 5.82 Å². The van der Waals surface area contributed by atoms with Gasteiger partial charge in [0.05, 0.1) is 0 Å². The molecule has 6 heteroatoms. The van der Waals surface area contributed by atoms with Crippen LogP contribution < -0.4 is 15.4 Å². The monoisotopic (exact) mass is 322 g/mol. The van der Waals surface area contributed by atoms with Crippen molar-refractivity contribution in [3.63, 3.8) is 0 Å². The minimum absolute atomic E-state index is 0.0349. The van der Waals surface area contributed by atoms with Gasteiger partial charge in [0.2, 0.25) is 0 Å². The fraction of sp³-hybridized carbons (Fsp3) is 0.188. The molecule has 0 saturated heterocycles. The third-order valence-electron chi connectivity index (χ3n) is 2.92. The second kappa shape index (κ2) is 8.24. The van der Waals surface area contributed by atoms with Crippen molar-refractivity contribution in [2.45, 2.75) is 6.42 Å². The average Bonchev–Trinajstić information content (AvgIpc) is 2.51. The molecule has 0 aromatic heterocycles. The van der Waals surface area contributed by atoms with Crippen LogP contribution in [0.3, 0.4) is 0 Å². The molecule has 2 amide bonds. The highest BCUT2D eigenvalue weighted by molar-refractivity contribution is 6.30. The number of halogens is 2. The maximum Gasteiger partial charge on any atom is 0.317 e. The molecule has 0 atom stereocenters. The van der Waals surface area contributed by atoms with Crippen LogP contribution in [-0.4, -0.2) is 19.3 Å². The van der Waals surface area contributed by atoms with Crippen LogP contribution in [0.1, 0.15) is 5.56 Å². The Morgan fingerprint density at radius 1 is 1.09 bits per heavy atom. The molecule has 0 saturated carbocycles. The Morgan fingerprint density at radius 3 is 2.55 bits per heavy atom. The Balaban J connectivity index is 1.64. The third kappa shape index (κ3) is 5.26. The predicted octanol–water partition coefficient (Wildman–Crippen LogP) is 3.36. The SMILES string of the molecule is O=C(NCCc1ccccc1F)NCOc1ccc(Cl)cc1. The molecule has 4 nitrogen and oxygen atoms in total. The van der Waals surface area contributed by atoms with E-state index in [9.17, 15) is 9.18 Å². The van der Waals surface area contributed by atoms with Crippen LogP contribution in [0.25, 0.3) is 0 Å². The topological polar surface area (TPSA) is 50.4 Å². The van der Waals surface area contributed by atoms with Gasteiger partial charge in [-0.1, -0.05) is 29.8 Å². The lowest BCUT2D eigenvalue weighted by atomic mass is 10.1. The summed E-state index contributed by atoms with van der Waals surface area (Å²) in [4.78, 5) is 11.5. The molecule has 2 N–H and O–H groups in total. The number of nitrogens with one attached hydrogen (secondary N) is 2. The molecule has 2 aromatic carbocycles. The lowest BCUT2D eigenvalue weighted by molar-refractivity contribution is 0.224. The maximum atomic E-state index is 13.4. The molecule has 0 unspecified atom stereocenters. The summed E-state index contributed by atoms with van der Waals surface area (Å²) >= 11 is 5.75. The summed E-state index contributed by atoms with van der Waals surface area (Å²) in [5.74, 6) is 0.340. The summed E-state index contributed by atoms with van der Waals surface area (Å²) in [7, 11) is 0. The molecule has 0 radical (unpaired) electrons. The van der Waals surface area contributed by atoms with Gasteiger partial charge in [0.15, 0.2) is 6.73 Å². The molecule has 0 heterocycles. The molecular weight excluding hydrogens is 307 g/mol. The molecule has 0 aliphatic rings. The molecule has 2 rings (SSSR count). The quantitative estimate of drug-likeness (QED) is 0.801. The van der Waals surface area contributed by atoms with Gasteiger partial charge in [-0.05, 0) is 42.3 Å². The van der Waals surface area contributed by atoms with Crippen molar-refractivity contribution in [2.24, 2.45) is 0 Å². The van der Waals surface area contributed by atoms with Crippen LogP contribution in [-0.2, 0) is 6.42 Å². The highest BCUT2D eigenvalue weighted by Crippen LogP contribution is 2.14. The van der Waals surface area contributed by atoms with Crippen LogP contribution in [0.2, 0.25) is 5.02 Å². The second-order valence-corrected chi connectivity index (χ2v) is 4.95. The van der Waals surface area contributed by atoms with Gasteiger partial charge in [0.1, 0.15) is 11.6 Å². The number of carbonyl (C=O) groups is 1. The van der Waals surface area contributed by atoms with Crippen LogP contribution in [0.5, 0.6) is 5.75 Å².